The van der Waals surface area contributed by atoms with E-state index in [-0.39, 0.29) is 18.1 Å². The first-order valence-corrected chi connectivity index (χ1v) is 9.16. The minimum absolute atomic E-state index is 0.0235. The van der Waals surface area contributed by atoms with Crippen molar-refractivity contribution < 1.29 is 13.2 Å². The Hall–Kier alpha value is -0.620. The molecule has 0 aliphatic heterocycles. The molecule has 3 rings (SSSR count). The fourth-order valence-electron chi connectivity index (χ4n) is 4.26. The lowest BCUT2D eigenvalue weighted by Gasteiger charge is -2.14. The van der Waals surface area contributed by atoms with Crippen molar-refractivity contribution in [1.29, 1.82) is 0 Å². The standard InChI is InChI=1S/C13H22N2O3S/c1-19(17,18)5-4-9(14)13(16)15-12-10-7-2-3-8(6-7)11(10)12/h7-12H,2-6,14H2,1H3,(H,15,16). The molecular formula is C13H22N2O3S. The van der Waals surface area contributed by atoms with E-state index in [2.05, 4.69) is 5.32 Å². The quantitative estimate of drug-likeness (QED) is 0.739. The Morgan fingerprint density at radius 3 is 2.42 bits per heavy atom. The predicted octanol–water partition coefficient (Wildman–Crippen LogP) is -0.0909. The third-order valence-electron chi connectivity index (χ3n) is 5.18. The van der Waals surface area contributed by atoms with Gasteiger partial charge in [0, 0.05) is 12.3 Å². The largest absolute Gasteiger partial charge is 0.351 e. The molecule has 3 N–H and O–H groups in total. The maximum atomic E-state index is 11.9. The summed E-state index contributed by atoms with van der Waals surface area (Å²) in [5.41, 5.74) is 5.76. The summed E-state index contributed by atoms with van der Waals surface area (Å²) < 4.78 is 22.1. The minimum Gasteiger partial charge on any atom is -0.351 e. The van der Waals surface area contributed by atoms with Gasteiger partial charge in [-0.3, -0.25) is 4.79 Å². The molecule has 0 radical (unpaired) electrons. The number of hydrogen-bond donors (Lipinski definition) is 2. The Kier molecular flexibility index (Phi) is 3.13. The van der Waals surface area contributed by atoms with E-state index in [1.54, 1.807) is 0 Å². The lowest BCUT2D eigenvalue weighted by atomic mass is 10.0. The predicted molar refractivity (Wildman–Crippen MR) is 72.0 cm³/mol. The van der Waals surface area contributed by atoms with Crippen molar-refractivity contribution in [3.05, 3.63) is 0 Å². The third kappa shape index (κ3) is 2.52. The molecule has 5 atom stereocenters. The van der Waals surface area contributed by atoms with Crippen LogP contribution in [0.3, 0.4) is 0 Å². The number of sulfone groups is 1. The van der Waals surface area contributed by atoms with Gasteiger partial charge < -0.3 is 11.1 Å². The van der Waals surface area contributed by atoms with E-state index < -0.39 is 15.9 Å². The minimum atomic E-state index is -3.05. The molecule has 0 spiro atoms. The monoisotopic (exact) mass is 286 g/mol. The molecule has 0 heterocycles. The first kappa shape index (κ1) is 13.4. The van der Waals surface area contributed by atoms with Crippen LogP contribution in [-0.4, -0.2) is 38.4 Å². The Balaban J connectivity index is 1.48. The highest BCUT2D eigenvalue weighted by molar-refractivity contribution is 7.90. The topological polar surface area (TPSA) is 89.3 Å². The van der Waals surface area contributed by atoms with Crippen LogP contribution >= 0.6 is 0 Å². The van der Waals surface area contributed by atoms with Gasteiger partial charge in [0.25, 0.3) is 0 Å². The van der Waals surface area contributed by atoms with Gasteiger partial charge in [-0.1, -0.05) is 0 Å². The summed E-state index contributed by atoms with van der Waals surface area (Å²) in [5, 5.41) is 3.03. The van der Waals surface area contributed by atoms with Gasteiger partial charge in [-0.25, -0.2) is 8.42 Å². The molecule has 19 heavy (non-hydrogen) atoms. The molecule has 5 unspecified atom stereocenters. The van der Waals surface area contributed by atoms with Crippen LogP contribution in [0.1, 0.15) is 25.7 Å². The maximum Gasteiger partial charge on any atom is 0.237 e. The second-order valence-corrected chi connectivity index (χ2v) is 8.81. The van der Waals surface area contributed by atoms with Gasteiger partial charge >= 0.3 is 0 Å². The SMILES string of the molecule is CS(=O)(=O)CCC(N)C(=O)NC1C2C3CCC(C3)C12. The first-order valence-electron chi connectivity index (χ1n) is 7.10. The molecule has 5 nitrogen and oxygen atoms in total. The van der Waals surface area contributed by atoms with Crippen LogP contribution in [0.5, 0.6) is 0 Å². The molecule has 0 saturated heterocycles. The molecule has 3 aliphatic carbocycles. The number of carbonyl (C=O) groups is 1. The van der Waals surface area contributed by atoms with E-state index in [0.717, 1.165) is 11.8 Å². The lowest BCUT2D eigenvalue weighted by Crippen LogP contribution is -2.43. The van der Waals surface area contributed by atoms with Gasteiger partial charge in [-0.2, -0.15) is 0 Å². The zero-order chi connectivity index (χ0) is 13.8. The second-order valence-electron chi connectivity index (χ2n) is 6.55. The van der Waals surface area contributed by atoms with E-state index in [1.807, 2.05) is 0 Å². The third-order valence-corrected chi connectivity index (χ3v) is 6.16. The highest BCUT2D eigenvalue weighted by Crippen LogP contribution is 2.65. The van der Waals surface area contributed by atoms with Gasteiger partial charge in [0.05, 0.1) is 11.8 Å². The van der Waals surface area contributed by atoms with E-state index in [1.165, 1.54) is 25.5 Å². The van der Waals surface area contributed by atoms with E-state index in [4.69, 9.17) is 5.73 Å². The fourth-order valence-corrected chi connectivity index (χ4v) is 4.94. The molecule has 2 bridgehead atoms. The average molecular weight is 286 g/mol. The molecule has 108 valence electrons. The summed E-state index contributed by atoms with van der Waals surface area (Å²) in [7, 11) is -3.05. The van der Waals surface area contributed by atoms with Crippen LogP contribution in [0.2, 0.25) is 0 Å². The number of nitrogens with one attached hydrogen (secondary N) is 1. The summed E-state index contributed by atoms with van der Waals surface area (Å²) in [4.78, 5) is 11.9. The van der Waals surface area contributed by atoms with E-state index >= 15 is 0 Å². The molecule has 0 aromatic carbocycles. The molecule has 1 amide bonds. The molecule has 3 fully saturated rings. The van der Waals surface area contributed by atoms with Crippen molar-refractivity contribution >= 4 is 15.7 Å². The van der Waals surface area contributed by atoms with Crippen molar-refractivity contribution in [2.45, 2.75) is 37.8 Å². The number of carbonyl (C=O) groups excluding carboxylic acids is 1. The van der Waals surface area contributed by atoms with Gasteiger partial charge in [0.15, 0.2) is 0 Å². The second kappa shape index (κ2) is 4.45. The molecular weight excluding hydrogens is 264 g/mol. The van der Waals surface area contributed by atoms with Crippen LogP contribution < -0.4 is 11.1 Å². The van der Waals surface area contributed by atoms with Gasteiger partial charge in [-0.15, -0.1) is 0 Å². The van der Waals surface area contributed by atoms with E-state index in [0.29, 0.717) is 17.9 Å². The van der Waals surface area contributed by atoms with Crippen LogP contribution in [0.15, 0.2) is 0 Å². The van der Waals surface area contributed by atoms with Crippen molar-refractivity contribution in [3.63, 3.8) is 0 Å². The average Bonchev–Trinajstić information content (AvgIpc) is 2.72. The molecule has 0 aromatic rings. The number of fused-ring (bicyclic) bond motifs is 5. The highest BCUT2D eigenvalue weighted by Gasteiger charge is 2.65. The maximum absolute atomic E-state index is 11.9. The normalized spacial score (nSPS) is 40.8. The molecule has 0 aromatic heterocycles. The van der Waals surface area contributed by atoms with Crippen LogP contribution in [-0.2, 0) is 14.6 Å². The van der Waals surface area contributed by atoms with Crippen molar-refractivity contribution in [2.24, 2.45) is 29.4 Å². The number of hydrogen-bond acceptors (Lipinski definition) is 4. The lowest BCUT2D eigenvalue weighted by molar-refractivity contribution is -0.122. The van der Waals surface area contributed by atoms with Crippen LogP contribution in [0.25, 0.3) is 0 Å². The Morgan fingerprint density at radius 2 is 1.89 bits per heavy atom. The zero-order valence-corrected chi connectivity index (χ0v) is 12.0. The number of nitrogens with two attached hydrogens (primary N) is 1. The summed E-state index contributed by atoms with van der Waals surface area (Å²) in [5.74, 6) is 2.79. The van der Waals surface area contributed by atoms with Crippen molar-refractivity contribution in [1.82, 2.24) is 5.32 Å². The van der Waals surface area contributed by atoms with Crippen LogP contribution in [0.4, 0.5) is 0 Å². The zero-order valence-electron chi connectivity index (χ0n) is 11.2. The highest BCUT2D eigenvalue weighted by atomic mass is 32.2. The van der Waals surface area contributed by atoms with E-state index in [9.17, 15) is 13.2 Å². The summed E-state index contributed by atoms with van der Waals surface area (Å²) in [6.07, 6.45) is 5.36. The molecule has 3 aliphatic rings. The van der Waals surface area contributed by atoms with Crippen LogP contribution in [0, 0.1) is 23.7 Å². The number of rotatable bonds is 5. The summed E-state index contributed by atoms with van der Waals surface area (Å²) in [6, 6.07) is -0.378. The molecule has 6 heteroatoms. The summed E-state index contributed by atoms with van der Waals surface area (Å²) >= 11 is 0. The van der Waals surface area contributed by atoms with Gasteiger partial charge in [-0.05, 0) is 49.4 Å². The smallest absolute Gasteiger partial charge is 0.237 e. The first-order chi connectivity index (χ1) is 8.87. The fraction of sp³-hybridized carbons (Fsp3) is 0.923. The van der Waals surface area contributed by atoms with Crippen molar-refractivity contribution in [2.75, 3.05) is 12.0 Å². The number of amides is 1. The Morgan fingerprint density at radius 1 is 1.32 bits per heavy atom. The summed E-state index contributed by atoms with van der Waals surface area (Å²) in [6.45, 7) is 0. The Labute approximate surface area is 114 Å². The van der Waals surface area contributed by atoms with Crippen molar-refractivity contribution in [3.8, 4) is 0 Å². The Bertz CT molecular complexity index is 474. The van der Waals surface area contributed by atoms with Gasteiger partial charge in [0.2, 0.25) is 5.91 Å². The van der Waals surface area contributed by atoms with Gasteiger partial charge in [0.1, 0.15) is 9.84 Å². The molecule has 3 saturated carbocycles.